The van der Waals surface area contributed by atoms with E-state index in [1.807, 2.05) is 12.1 Å². The van der Waals surface area contributed by atoms with Crippen molar-refractivity contribution in [2.75, 3.05) is 7.11 Å². The van der Waals surface area contributed by atoms with Crippen LogP contribution >= 0.6 is 8.07 Å². The smallest absolute Gasteiger partial charge is 0.118 e. The summed E-state index contributed by atoms with van der Waals surface area (Å²) in [6, 6.07) is 8.40. The fourth-order valence-electron chi connectivity index (χ4n) is 3.22. The Hall–Kier alpha value is -0.446. The molecule has 1 heterocycles. The molecule has 2 nitrogen and oxygen atoms in total. The third-order valence-electron chi connectivity index (χ3n) is 3.61. The van der Waals surface area contributed by atoms with Gasteiger partial charge in [0.1, 0.15) is 5.75 Å². The van der Waals surface area contributed by atoms with Crippen molar-refractivity contribution in [2.45, 2.75) is 44.2 Å². The molecule has 1 aromatic rings. The van der Waals surface area contributed by atoms with Gasteiger partial charge in [-0.2, -0.15) is 0 Å². The third-order valence-corrected chi connectivity index (χ3v) is 19.7. The van der Waals surface area contributed by atoms with E-state index in [1.54, 1.807) is 7.11 Å². The first-order valence-electron chi connectivity index (χ1n) is 7.17. The summed E-state index contributed by atoms with van der Waals surface area (Å²) in [4.78, 5) is 0.891. The van der Waals surface area contributed by atoms with Crippen molar-refractivity contribution in [3.05, 3.63) is 29.8 Å². The lowest BCUT2D eigenvalue weighted by Gasteiger charge is -2.37. The van der Waals surface area contributed by atoms with Crippen LogP contribution in [0.25, 0.3) is 0 Å². The van der Waals surface area contributed by atoms with Crippen molar-refractivity contribution in [1.82, 2.24) is 0 Å². The lowest BCUT2D eigenvalue weighted by Crippen LogP contribution is -2.51. The Morgan fingerprint density at radius 2 is 1.45 bits per heavy atom. The minimum Gasteiger partial charge on any atom is -0.497 e. The Bertz CT molecular complexity index is 500. The van der Waals surface area contributed by atoms with E-state index >= 15 is 0 Å². The summed E-state index contributed by atoms with van der Waals surface area (Å²) in [6.07, 6.45) is 0. The Morgan fingerprint density at radius 3 is 1.85 bits per heavy atom. The van der Waals surface area contributed by atoms with E-state index in [-0.39, 0.29) is 8.07 Å². The quantitative estimate of drug-likeness (QED) is 0.553. The van der Waals surface area contributed by atoms with Crippen molar-refractivity contribution < 1.29 is 4.74 Å². The van der Waals surface area contributed by atoms with Gasteiger partial charge in [-0.15, -0.1) is 0 Å². The Labute approximate surface area is 126 Å². The van der Waals surface area contributed by atoms with E-state index in [9.17, 15) is 0 Å². The molecular weight excluding hydrogens is 297 g/mol. The van der Waals surface area contributed by atoms with Crippen LogP contribution in [0.4, 0.5) is 0 Å². The van der Waals surface area contributed by atoms with Crippen molar-refractivity contribution in [2.24, 2.45) is 4.76 Å². The van der Waals surface area contributed by atoms with E-state index in [0.717, 1.165) is 10.7 Å². The number of nitrogens with zero attached hydrogens (tertiary/aromatic N) is 1. The molecule has 0 amide bonds. The summed E-state index contributed by atoms with van der Waals surface area (Å²) < 4.78 is 10.2. The van der Waals surface area contributed by atoms with Crippen LogP contribution in [-0.4, -0.2) is 33.6 Å². The summed E-state index contributed by atoms with van der Waals surface area (Å²) >= 11 is 0. The van der Waals surface area contributed by atoms with Crippen molar-refractivity contribution >= 4 is 29.7 Å². The van der Waals surface area contributed by atoms with Gasteiger partial charge in [-0.3, -0.25) is 4.76 Å². The minimum absolute atomic E-state index is 0.219. The number of hydrogen-bond acceptors (Lipinski definition) is 2. The van der Waals surface area contributed by atoms with Crippen LogP contribution in [0.5, 0.6) is 5.75 Å². The van der Waals surface area contributed by atoms with Gasteiger partial charge in [0.2, 0.25) is 0 Å². The predicted octanol–water partition coefficient (Wildman–Crippen LogP) is 4.98. The monoisotopic (exact) mass is 323 g/mol. The van der Waals surface area contributed by atoms with E-state index < -0.39 is 16.1 Å². The first-order chi connectivity index (χ1) is 9.14. The molecule has 0 N–H and O–H groups in total. The molecule has 5 heteroatoms. The zero-order valence-corrected chi connectivity index (χ0v) is 16.6. The molecule has 0 saturated carbocycles. The number of methoxy groups -OCH3 is 1. The van der Waals surface area contributed by atoms with Gasteiger partial charge < -0.3 is 4.74 Å². The SMILES string of the molecule is COc1ccc(C2=NP2C([Si](C)(C)C)[Si](C)(C)C)cc1. The molecule has 0 aromatic heterocycles. The molecule has 0 radical (unpaired) electrons. The highest BCUT2D eigenvalue weighted by molar-refractivity contribution is 7.87. The molecule has 110 valence electrons. The van der Waals surface area contributed by atoms with Crippen LogP contribution in [0.3, 0.4) is 0 Å². The van der Waals surface area contributed by atoms with Crippen molar-refractivity contribution in [3.63, 3.8) is 0 Å². The van der Waals surface area contributed by atoms with Crippen LogP contribution in [0.15, 0.2) is 29.0 Å². The average Bonchev–Trinajstić information content (AvgIpc) is 3.05. The van der Waals surface area contributed by atoms with E-state index in [2.05, 4.69) is 51.4 Å². The lowest BCUT2D eigenvalue weighted by atomic mass is 10.2. The molecule has 0 aliphatic carbocycles. The second-order valence-electron chi connectivity index (χ2n) is 7.63. The fourth-order valence-corrected chi connectivity index (χ4v) is 21.8. The van der Waals surface area contributed by atoms with Crippen LogP contribution < -0.4 is 4.74 Å². The lowest BCUT2D eigenvalue weighted by molar-refractivity contribution is 0.415. The highest BCUT2D eigenvalue weighted by Gasteiger charge is 2.49. The standard InChI is InChI=1S/C15H26NOPSi2/c1-17-13-10-8-12(9-11-13)14-16-18(14)15(19(2,3)4)20(5,6)7/h8-11,15H,1-7H3. The van der Waals surface area contributed by atoms with Crippen LogP contribution in [-0.2, 0) is 0 Å². The van der Waals surface area contributed by atoms with Gasteiger partial charge in [0.05, 0.1) is 36.8 Å². The second kappa shape index (κ2) is 5.39. The topological polar surface area (TPSA) is 21.6 Å². The molecule has 1 aromatic carbocycles. The summed E-state index contributed by atoms with van der Waals surface area (Å²) in [5.74, 6) is 0.922. The average molecular weight is 324 g/mol. The summed E-state index contributed by atoms with van der Waals surface area (Å²) in [7, 11) is -0.836. The van der Waals surface area contributed by atoms with Gasteiger partial charge in [0, 0.05) is 5.56 Å². The molecule has 0 saturated heterocycles. The van der Waals surface area contributed by atoms with E-state index in [1.165, 1.54) is 11.0 Å². The maximum absolute atomic E-state index is 5.23. The van der Waals surface area contributed by atoms with Gasteiger partial charge in [-0.05, 0) is 29.2 Å². The minimum atomic E-state index is -1.16. The molecule has 0 spiro atoms. The normalized spacial score (nSPS) is 19.0. The maximum Gasteiger partial charge on any atom is 0.118 e. The van der Waals surface area contributed by atoms with Gasteiger partial charge in [0.25, 0.3) is 0 Å². The van der Waals surface area contributed by atoms with Crippen molar-refractivity contribution in [1.29, 1.82) is 0 Å². The Balaban J connectivity index is 2.17. The maximum atomic E-state index is 5.23. The van der Waals surface area contributed by atoms with Gasteiger partial charge in [-0.25, -0.2) is 0 Å². The Kier molecular flexibility index (Phi) is 4.30. The molecule has 1 unspecified atom stereocenters. The molecule has 1 atom stereocenters. The molecule has 0 fully saturated rings. The van der Waals surface area contributed by atoms with E-state index in [4.69, 9.17) is 9.50 Å². The third kappa shape index (κ3) is 3.41. The number of ether oxygens (including phenoxy) is 1. The second-order valence-corrected chi connectivity index (χ2v) is 21.6. The predicted molar refractivity (Wildman–Crippen MR) is 96.9 cm³/mol. The largest absolute Gasteiger partial charge is 0.497 e. The van der Waals surface area contributed by atoms with Gasteiger partial charge in [-0.1, -0.05) is 39.3 Å². The first-order valence-corrected chi connectivity index (χ1v) is 15.7. The van der Waals surface area contributed by atoms with E-state index in [0.29, 0.717) is 0 Å². The zero-order valence-electron chi connectivity index (χ0n) is 13.7. The van der Waals surface area contributed by atoms with Gasteiger partial charge >= 0.3 is 0 Å². The van der Waals surface area contributed by atoms with Gasteiger partial charge in [0.15, 0.2) is 0 Å². The molecule has 2 rings (SSSR count). The number of hydrogen-bond donors (Lipinski definition) is 0. The molecule has 1 aliphatic heterocycles. The Morgan fingerprint density at radius 1 is 0.950 bits per heavy atom. The van der Waals surface area contributed by atoms with Crippen LogP contribution in [0.1, 0.15) is 5.56 Å². The van der Waals surface area contributed by atoms with Crippen LogP contribution in [0, 0.1) is 0 Å². The number of benzene rings is 1. The van der Waals surface area contributed by atoms with Crippen LogP contribution in [0.2, 0.25) is 39.3 Å². The highest BCUT2D eigenvalue weighted by Crippen LogP contribution is 2.63. The highest BCUT2D eigenvalue weighted by atomic mass is 31.1. The molecular formula is C15H26NOPSi2. The molecule has 20 heavy (non-hydrogen) atoms. The fraction of sp³-hybridized carbons (Fsp3) is 0.533. The summed E-state index contributed by atoms with van der Waals surface area (Å²) in [5.41, 5.74) is 2.69. The zero-order chi connectivity index (χ0) is 15.1. The van der Waals surface area contributed by atoms with Crippen molar-refractivity contribution in [3.8, 4) is 5.75 Å². The molecule has 1 aliphatic rings. The number of rotatable bonds is 5. The first kappa shape index (κ1) is 15.9. The summed E-state index contributed by atoms with van der Waals surface area (Å²) in [6.45, 7) is 15.1. The molecule has 0 bridgehead atoms. The summed E-state index contributed by atoms with van der Waals surface area (Å²) in [5, 5.41) is 0.